The molecule has 178 valence electrons. The second-order valence-corrected chi connectivity index (χ2v) is 8.92. The van der Waals surface area contributed by atoms with Gasteiger partial charge in [-0.25, -0.2) is 9.79 Å². The number of fused-ring (bicyclic) bond motifs is 1. The molecular weight excluding hydrogens is 490 g/mol. The Morgan fingerprint density at radius 1 is 1.29 bits per heavy atom. The van der Waals surface area contributed by atoms with Gasteiger partial charge in [-0.05, 0) is 48.9 Å². The number of allylic oxidation sites excluding steroid dienone is 1. The van der Waals surface area contributed by atoms with Crippen LogP contribution in [0.25, 0.3) is 6.08 Å². The molecule has 0 bridgehead atoms. The number of benzene rings is 2. The van der Waals surface area contributed by atoms with Crippen LogP contribution in [0, 0.1) is 11.3 Å². The summed E-state index contributed by atoms with van der Waals surface area (Å²) in [6.07, 6.45) is 1.71. The minimum Gasteiger partial charge on any atom is -0.496 e. The molecule has 35 heavy (non-hydrogen) atoms. The van der Waals surface area contributed by atoms with Gasteiger partial charge in [0, 0.05) is 10.6 Å². The molecule has 0 spiro atoms. The molecule has 0 N–H and O–H groups in total. The third kappa shape index (κ3) is 4.71. The monoisotopic (exact) mass is 509 g/mol. The smallest absolute Gasteiger partial charge is 0.338 e. The van der Waals surface area contributed by atoms with Crippen molar-refractivity contribution >= 4 is 35.0 Å². The number of esters is 1. The number of thiazole rings is 1. The van der Waals surface area contributed by atoms with Crippen LogP contribution >= 0.6 is 22.9 Å². The average Bonchev–Trinajstić information content (AvgIpc) is 3.15. The third-order valence-corrected chi connectivity index (χ3v) is 6.59. The van der Waals surface area contributed by atoms with E-state index in [1.54, 1.807) is 49.4 Å². The second kappa shape index (κ2) is 10.2. The number of hydrogen-bond donors (Lipinski definition) is 0. The molecule has 1 aliphatic heterocycles. The fourth-order valence-corrected chi connectivity index (χ4v) is 5.09. The van der Waals surface area contributed by atoms with E-state index >= 15 is 0 Å². The summed E-state index contributed by atoms with van der Waals surface area (Å²) in [6, 6.07) is 13.2. The lowest BCUT2D eigenvalue weighted by Gasteiger charge is -2.25. The van der Waals surface area contributed by atoms with Crippen LogP contribution in [0.2, 0.25) is 5.02 Å². The van der Waals surface area contributed by atoms with Gasteiger partial charge in [0.1, 0.15) is 23.6 Å². The Bertz CT molecular complexity index is 1560. The molecule has 0 fully saturated rings. The average molecular weight is 510 g/mol. The quantitative estimate of drug-likeness (QED) is 0.473. The van der Waals surface area contributed by atoms with Crippen molar-refractivity contribution in [3.05, 3.63) is 89.6 Å². The van der Waals surface area contributed by atoms with Crippen molar-refractivity contribution in [3.8, 4) is 17.6 Å². The molecule has 2 aromatic carbocycles. The number of nitriles is 1. The Morgan fingerprint density at radius 2 is 2.09 bits per heavy atom. The minimum absolute atomic E-state index is 0.0807. The molecule has 1 atom stereocenters. The highest BCUT2D eigenvalue weighted by Crippen LogP contribution is 2.37. The van der Waals surface area contributed by atoms with Crippen molar-refractivity contribution in [2.75, 3.05) is 20.8 Å². The number of halogens is 1. The van der Waals surface area contributed by atoms with Gasteiger partial charge in [0.15, 0.2) is 11.4 Å². The molecule has 8 nitrogen and oxygen atoms in total. The van der Waals surface area contributed by atoms with Crippen molar-refractivity contribution in [2.45, 2.75) is 13.0 Å². The van der Waals surface area contributed by atoms with Crippen LogP contribution in [0.3, 0.4) is 0 Å². The van der Waals surface area contributed by atoms with Gasteiger partial charge in [0.25, 0.3) is 5.56 Å². The fourth-order valence-electron chi connectivity index (χ4n) is 3.87. The molecule has 4 rings (SSSR count). The molecule has 2 heterocycles. The van der Waals surface area contributed by atoms with E-state index in [1.165, 1.54) is 30.1 Å². The molecule has 0 saturated carbocycles. The van der Waals surface area contributed by atoms with Crippen molar-refractivity contribution in [1.82, 2.24) is 4.57 Å². The van der Waals surface area contributed by atoms with Crippen LogP contribution in [-0.4, -0.2) is 31.4 Å². The zero-order valence-corrected chi connectivity index (χ0v) is 20.6. The first kappa shape index (κ1) is 24.3. The summed E-state index contributed by atoms with van der Waals surface area (Å²) in [5, 5.41) is 9.17. The van der Waals surface area contributed by atoms with Gasteiger partial charge in [-0.2, -0.15) is 5.26 Å². The lowest BCUT2D eigenvalue weighted by atomic mass is 9.95. The van der Waals surface area contributed by atoms with Gasteiger partial charge in [0.05, 0.1) is 30.0 Å². The fraction of sp³-hybridized carbons (Fsp3) is 0.200. The molecule has 0 saturated heterocycles. The molecule has 0 unspecified atom stereocenters. The highest BCUT2D eigenvalue weighted by atomic mass is 35.5. The summed E-state index contributed by atoms with van der Waals surface area (Å²) in [6.45, 7) is 1.62. The first-order valence-electron chi connectivity index (χ1n) is 10.4. The molecule has 10 heteroatoms. The summed E-state index contributed by atoms with van der Waals surface area (Å²) in [5.41, 5.74) is 1.57. The molecule has 0 aliphatic carbocycles. The summed E-state index contributed by atoms with van der Waals surface area (Å²) in [5.74, 6) is 0.376. The molecule has 1 aromatic heterocycles. The number of nitrogens with zero attached hydrogens (tertiary/aromatic N) is 3. The number of carbonyl (C=O) groups excluding carboxylic acids is 1. The number of hydrogen-bond acceptors (Lipinski definition) is 8. The standard InChI is InChI=1S/C25H20ClN3O5S/c1-14-21(24(31)33-3)22(18-13-16(26)7-8-19(18)32-2)29-23(30)20(35-25(29)28-14)12-15-5-4-6-17(11-15)34-10-9-27/h4-8,11-13,22H,10H2,1-3H3/b20-12-/t22-/m1/s1. The molecule has 0 radical (unpaired) electrons. The maximum atomic E-state index is 13.7. The Kier molecular flexibility index (Phi) is 7.05. The van der Waals surface area contributed by atoms with Gasteiger partial charge in [-0.3, -0.25) is 9.36 Å². The van der Waals surface area contributed by atoms with Crippen molar-refractivity contribution < 1.29 is 19.0 Å². The van der Waals surface area contributed by atoms with Gasteiger partial charge in [-0.15, -0.1) is 0 Å². The largest absolute Gasteiger partial charge is 0.496 e. The normalized spacial score (nSPS) is 15.2. The number of ether oxygens (including phenoxy) is 3. The third-order valence-electron chi connectivity index (χ3n) is 5.37. The molecular formula is C25H20ClN3O5S. The molecule has 1 aliphatic rings. The first-order valence-corrected chi connectivity index (χ1v) is 11.6. The maximum absolute atomic E-state index is 13.7. The number of rotatable bonds is 6. The van der Waals surface area contributed by atoms with E-state index in [0.29, 0.717) is 42.7 Å². The topological polar surface area (TPSA) is 103 Å². The van der Waals surface area contributed by atoms with Crippen LogP contribution in [-0.2, 0) is 9.53 Å². The SMILES string of the molecule is COC(=O)C1=C(C)N=c2s/c(=C\c3cccc(OCC#N)c3)c(=O)n2[C@@H]1c1cc(Cl)ccc1OC. The van der Waals surface area contributed by atoms with Crippen LogP contribution < -0.4 is 24.4 Å². The lowest BCUT2D eigenvalue weighted by molar-refractivity contribution is -0.136. The second-order valence-electron chi connectivity index (χ2n) is 7.48. The highest BCUT2D eigenvalue weighted by Gasteiger charge is 2.35. The van der Waals surface area contributed by atoms with E-state index in [-0.39, 0.29) is 17.7 Å². The van der Waals surface area contributed by atoms with E-state index in [9.17, 15) is 9.59 Å². The maximum Gasteiger partial charge on any atom is 0.338 e. The van der Waals surface area contributed by atoms with Crippen molar-refractivity contribution in [3.63, 3.8) is 0 Å². The Labute approximate surface area is 209 Å². The molecule has 3 aromatic rings. The van der Waals surface area contributed by atoms with Crippen LogP contribution in [0.4, 0.5) is 0 Å². The van der Waals surface area contributed by atoms with Gasteiger partial charge in [0.2, 0.25) is 0 Å². The van der Waals surface area contributed by atoms with Crippen LogP contribution in [0.15, 0.2) is 63.5 Å². The zero-order valence-electron chi connectivity index (χ0n) is 19.1. The highest BCUT2D eigenvalue weighted by molar-refractivity contribution is 7.07. The number of carbonyl (C=O) groups is 1. The minimum atomic E-state index is -0.847. The summed E-state index contributed by atoms with van der Waals surface area (Å²) < 4.78 is 17.8. The van der Waals surface area contributed by atoms with Crippen LogP contribution in [0.5, 0.6) is 11.5 Å². The van der Waals surface area contributed by atoms with Crippen molar-refractivity contribution in [2.24, 2.45) is 4.99 Å². The van der Waals surface area contributed by atoms with Crippen molar-refractivity contribution in [1.29, 1.82) is 5.26 Å². The van der Waals surface area contributed by atoms with E-state index < -0.39 is 12.0 Å². The first-order chi connectivity index (χ1) is 16.9. The summed E-state index contributed by atoms with van der Waals surface area (Å²) in [7, 11) is 2.79. The molecule has 0 amide bonds. The van der Waals surface area contributed by atoms with E-state index in [0.717, 1.165) is 0 Å². The number of methoxy groups -OCH3 is 2. The Morgan fingerprint density at radius 3 is 2.80 bits per heavy atom. The van der Waals surface area contributed by atoms with Crippen LogP contribution in [0.1, 0.15) is 24.1 Å². The predicted molar refractivity (Wildman–Crippen MR) is 131 cm³/mol. The Hall–Kier alpha value is -3.87. The van der Waals surface area contributed by atoms with E-state index in [4.69, 9.17) is 31.1 Å². The Balaban J connectivity index is 1.95. The van der Waals surface area contributed by atoms with Gasteiger partial charge < -0.3 is 14.2 Å². The van der Waals surface area contributed by atoms with E-state index in [1.807, 2.05) is 12.1 Å². The van der Waals surface area contributed by atoms with E-state index in [2.05, 4.69) is 4.99 Å². The zero-order chi connectivity index (χ0) is 25.1. The number of aromatic nitrogens is 1. The summed E-state index contributed by atoms with van der Waals surface area (Å²) >= 11 is 7.48. The predicted octanol–water partition coefficient (Wildman–Crippen LogP) is 2.97. The lowest BCUT2D eigenvalue weighted by Crippen LogP contribution is -2.40. The van der Waals surface area contributed by atoms with Gasteiger partial charge >= 0.3 is 5.97 Å². The van der Waals surface area contributed by atoms with Gasteiger partial charge in [-0.1, -0.05) is 35.1 Å². The summed E-state index contributed by atoms with van der Waals surface area (Å²) in [4.78, 5) is 31.4.